The van der Waals surface area contributed by atoms with Crippen LogP contribution in [0.1, 0.15) is 32.1 Å². The second kappa shape index (κ2) is 5.78. The predicted octanol–water partition coefficient (Wildman–Crippen LogP) is -0.308. The molecule has 2 fully saturated rings. The van der Waals surface area contributed by atoms with Crippen LogP contribution in [-0.4, -0.2) is 65.0 Å². The molecule has 7 heteroatoms. The van der Waals surface area contributed by atoms with Crippen LogP contribution in [0.15, 0.2) is 0 Å². The molecule has 1 heterocycles. The van der Waals surface area contributed by atoms with Gasteiger partial charge in [0.25, 0.3) is 5.91 Å². The highest BCUT2D eigenvalue weighted by Gasteiger charge is 2.37. The lowest BCUT2D eigenvalue weighted by atomic mass is 9.82. The molecule has 112 valence electrons. The fourth-order valence-electron chi connectivity index (χ4n) is 2.85. The third-order valence-corrected chi connectivity index (χ3v) is 4.05. The monoisotopic (exact) mass is 283 g/mol. The molecule has 0 bridgehead atoms. The van der Waals surface area contributed by atoms with Crippen molar-refractivity contribution in [1.29, 1.82) is 0 Å². The van der Waals surface area contributed by atoms with E-state index in [-0.39, 0.29) is 25.6 Å². The topological polar surface area (TPSA) is 90.0 Å². The largest absolute Gasteiger partial charge is 0.394 e. The maximum absolute atomic E-state index is 12.0. The first-order valence-electron chi connectivity index (χ1n) is 6.95. The van der Waals surface area contributed by atoms with Crippen molar-refractivity contribution in [1.82, 2.24) is 15.1 Å². The van der Waals surface area contributed by atoms with Gasteiger partial charge >= 0.3 is 6.03 Å². The highest BCUT2D eigenvalue weighted by molar-refractivity contribution is 6.04. The summed E-state index contributed by atoms with van der Waals surface area (Å²) in [4.78, 5) is 37.6. The van der Waals surface area contributed by atoms with Crippen LogP contribution >= 0.6 is 0 Å². The van der Waals surface area contributed by atoms with E-state index in [4.69, 9.17) is 0 Å². The van der Waals surface area contributed by atoms with E-state index < -0.39 is 17.5 Å². The zero-order valence-electron chi connectivity index (χ0n) is 11.7. The standard InChI is InChI=1S/C13H21N3O4/c1-15-8-11(19)16(12(15)20)7-10(18)14-13(9-17)5-3-2-4-6-13/h17H,2-9H2,1H3,(H,14,18). The zero-order chi connectivity index (χ0) is 14.8. The Bertz CT molecular complexity index is 418. The van der Waals surface area contributed by atoms with Crippen molar-refractivity contribution >= 4 is 17.8 Å². The molecule has 2 rings (SSSR count). The lowest BCUT2D eigenvalue weighted by Gasteiger charge is -2.36. The number of amides is 4. The molecule has 1 aliphatic carbocycles. The SMILES string of the molecule is CN1CC(=O)N(CC(=O)NC2(CO)CCCCC2)C1=O. The van der Waals surface area contributed by atoms with Gasteiger partial charge in [0.05, 0.1) is 12.1 Å². The van der Waals surface area contributed by atoms with Crippen LogP contribution < -0.4 is 5.32 Å². The van der Waals surface area contributed by atoms with Crippen molar-refractivity contribution in [2.24, 2.45) is 0 Å². The summed E-state index contributed by atoms with van der Waals surface area (Å²) < 4.78 is 0. The van der Waals surface area contributed by atoms with E-state index in [0.717, 1.165) is 37.0 Å². The van der Waals surface area contributed by atoms with Gasteiger partial charge < -0.3 is 15.3 Å². The van der Waals surface area contributed by atoms with Crippen molar-refractivity contribution in [3.05, 3.63) is 0 Å². The minimum Gasteiger partial charge on any atom is -0.394 e. The summed E-state index contributed by atoms with van der Waals surface area (Å²) in [5.74, 6) is -0.757. The number of nitrogens with one attached hydrogen (secondary N) is 1. The summed E-state index contributed by atoms with van der Waals surface area (Å²) in [7, 11) is 1.52. The number of hydrogen-bond acceptors (Lipinski definition) is 4. The molecule has 20 heavy (non-hydrogen) atoms. The Kier molecular flexibility index (Phi) is 4.27. The number of nitrogens with zero attached hydrogens (tertiary/aromatic N) is 2. The number of rotatable bonds is 4. The predicted molar refractivity (Wildman–Crippen MR) is 70.8 cm³/mol. The van der Waals surface area contributed by atoms with E-state index >= 15 is 0 Å². The molecular weight excluding hydrogens is 262 g/mol. The molecule has 1 saturated carbocycles. The average Bonchev–Trinajstić information content (AvgIpc) is 2.66. The van der Waals surface area contributed by atoms with Crippen LogP contribution in [0.25, 0.3) is 0 Å². The fraction of sp³-hybridized carbons (Fsp3) is 0.769. The van der Waals surface area contributed by atoms with Crippen molar-refractivity contribution < 1.29 is 19.5 Å². The number of urea groups is 1. The summed E-state index contributed by atoms with van der Waals surface area (Å²) in [5.41, 5.74) is -0.590. The molecule has 0 unspecified atom stereocenters. The normalized spacial score (nSPS) is 22.3. The molecule has 0 aromatic heterocycles. The average molecular weight is 283 g/mol. The fourth-order valence-corrected chi connectivity index (χ4v) is 2.85. The first-order chi connectivity index (χ1) is 9.47. The molecule has 1 aliphatic heterocycles. The Balaban J connectivity index is 1.95. The van der Waals surface area contributed by atoms with E-state index in [2.05, 4.69) is 5.32 Å². The van der Waals surface area contributed by atoms with Crippen LogP contribution in [0.5, 0.6) is 0 Å². The summed E-state index contributed by atoms with van der Waals surface area (Å²) in [6.07, 6.45) is 4.50. The zero-order valence-corrected chi connectivity index (χ0v) is 11.7. The van der Waals surface area contributed by atoms with Gasteiger partial charge in [0, 0.05) is 7.05 Å². The molecule has 0 aromatic carbocycles. The van der Waals surface area contributed by atoms with E-state index in [1.165, 1.54) is 11.9 Å². The van der Waals surface area contributed by atoms with Gasteiger partial charge in [-0.15, -0.1) is 0 Å². The van der Waals surface area contributed by atoms with E-state index in [9.17, 15) is 19.5 Å². The van der Waals surface area contributed by atoms with Crippen LogP contribution in [0.3, 0.4) is 0 Å². The first-order valence-corrected chi connectivity index (χ1v) is 6.95. The van der Waals surface area contributed by atoms with Gasteiger partial charge in [0.15, 0.2) is 0 Å². The number of carbonyl (C=O) groups excluding carboxylic acids is 3. The lowest BCUT2D eigenvalue weighted by molar-refractivity contribution is -0.132. The molecule has 0 aromatic rings. The Morgan fingerprint density at radius 2 is 1.95 bits per heavy atom. The Morgan fingerprint density at radius 1 is 1.30 bits per heavy atom. The van der Waals surface area contributed by atoms with Gasteiger partial charge in [0.2, 0.25) is 5.91 Å². The molecule has 2 aliphatic rings. The Morgan fingerprint density at radius 3 is 2.45 bits per heavy atom. The minimum atomic E-state index is -0.590. The van der Waals surface area contributed by atoms with Crippen LogP contribution in [0.4, 0.5) is 4.79 Å². The molecular formula is C13H21N3O4. The van der Waals surface area contributed by atoms with E-state index in [1.807, 2.05) is 0 Å². The lowest BCUT2D eigenvalue weighted by Crippen LogP contribution is -2.55. The maximum atomic E-state index is 12.0. The van der Waals surface area contributed by atoms with E-state index in [1.54, 1.807) is 0 Å². The number of likely N-dealkylation sites (N-methyl/N-ethyl adjacent to an activating group) is 1. The second-order valence-electron chi connectivity index (χ2n) is 5.67. The second-order valence-corrected chi connectivity index (χ2v) is 5.67. The van der Waals surface area contributed by atoms with Gasteiger partial charge in [-0.1, -0.05) is 19.3 Å². The highest BCUT2D eigenvalue weighted by atomic mass is 16.3. The summed E-state index contributed by atoms with van der Waals surface area (Å²) in [6.45, 7) is -0.373. The quantitative estimate of drug-likeness (QED) is 0.693. The molecule has 1 saturated heterocycles. The van der Waals surface area contributed by atoms with Gasteiger partial charge in [0.1, 0.15) is 13.1 Å². The van der Waals surface area contributed by atoms with Crippen molar-refractivity contribution in [2.45, 2.75) is 37.6 Å². The maximum Gasteiger partial charge on any atom is 0.327 e. The summed E-state index contributed by atoms with van der Waals surface area (Å²) in [5, 5.41) is 12.3. The third-order valence-electron chi connectivity index (χ3n) is 4.05. The molecule has 0 atom stereocenters. The Hall–Kier alpha value is -1.63. The highest BCUT2D eigenvalue weighted by Crippen LogP contribution is 2.27. The summed E-state index contributed by atoms with van der Waals surface area (Å²) >= 11 is 0. The van der Waals surface area contributed by atoms with E-state index in [0.29, 0.717) is 0 Å². The first kappa shape index (κ1) is 14.8. The van der Waals surface area contributed by atoms with Gasteiger partial charge in [-0.3, -0.25) is 14.5 Å². The van der Waals surface area contributed by atoms with Gasteiger partial charge in [-0.25, -0.2) is 4.79 Å². The van der Waals surface area contributed by atoms with Crippen LogP contribution in [0, 0.1) is 0 Å². The van der Waals surface area contributed by atoms with Crippen molar-refractivity contribution in [3.8, 4) is 0 Å². The van der Waals surface area contributed by atoms with Gasteiger partial charge in [-0.05, 0) is 12.8 Å². The van der Waals surface area contributed by atoms with Crippen LogP contribution in [-0.2, 0) is 9.59 Å². The molecule has 4 amide bonds. The summed E-state index contributed by atoms with van der Waals surface area (Å²) in [6, 6.07) is -0.452. The van der Waals surface area contributed by atoms with Crippen LogP contribution in [0.2, 0.25) is 0 Å². The Labute approximate surface area is 117 Å². The number of imide groups is 1. The van der Waals surface area contributed by atoms with Gasteiger partial charge in [-0.2, -0.15) is 0 Å². The van der Waals surface area contributed by atoms with Crippen molar-refractivity contribution in [3.63, 3.8) is 0 Å². The molecule has 0 spiro atoms. The smallest absolute Gasteiger partial charge is 0.327 e. The number of aliphatic hydroxyl groups excluding tert-OH is 1. The minimum absolute atomic E-state index is 0.0112. The number of hydrogen-bond donors (Lipinski definition) is 2. The molecule has 0 radical (unpaired) electrons. The third kappa shape index (κ3) is 2.92. The molecule has 2 N–H and O–H groups in total. The number of aliphatic hydroxyl groups is 1. The molecule has 7 nitrogen and oxygen atoms in total. The van der Waals surface area contributed by atoms with Crippen molar-refractivity contribution in [2.75, 3.05) is 26.7 Å². The number of carbonyl (C=O) groups is 3.